The second-order valence-corrected chi connectivity index (χ2v) is 4.00. The highest BCUT2D eigenvalue weighted by atomic mass is 16.3. The zero-order valence-electron chi connectivity index (χ0n) is 9.73. The molecule has 2 N–H and O–H groups in total. The van der Waals surface area contributed by atoms with E-state index in [-0.39, 0.29) is 11.7 Å². The van der Waals surface area contributed by atoms with E-state index in [2.05, 4.69) is 5.32 Å². The quantitative estimate of drug-likeness (QED) is 0.767. The third kappa shape index (κ3) is 4.79. The number of nitrogens with one attached hydrogen (secondary N) is 1. The van der Waals surface area contributed by atoms with E-state index >= 15 is 0 Å². The van der Waals surface area contributed by atoms with E-state index in [1.807, 2.05) is 19.0 Å². The Labute approximate surface area is 95.9 Å². The SMILES string of the molecule is CN(C)CCNC(=O)Cc1ccc(O)cc1. The summed E-state index contributed by atoms with van der Waals surface area (Å²) in [4.78, 5) is 13.5. The Morgan fingerprint density at radius 3 is 2.50 bits per heavy atom. The molecule has 0 aliphatic carbocycles. The molecule has 0 saturated heterocycles. The summed E-state index contributed by atoms with van der Waals surface area (Å²) in [6, 6.07) is 6.67. The van der Waals surface area contributed by atoms with Gasteiger partial charge < -0.3 is 15.3 Å². The van der Waals surface area contributed by atoms with Gasteiger partial charge in [0, 0.05) is 13.1 Å². The van der Waals surface area contributed by atoms with Crippen molar-refractivity contribution in [3.8, 4) is 5.75 Å². The number of hydrogen-bond donors (Lipinski definition) is 2. The summed E-state index contributed by atoms with van der Waals surface area (Å²) in [5, 5.41) is 11.9. The third-order valence-corrected chi connectivity index (χ3v) is 2.18. The van der Waals surface area contributed by atoms with Gasteiger partial charge in [0.2, 0.25) is 5.91 Å². The molecule has 0 bridgehead atoms. The molecule has 4 nitrogen and oxygen atoms in total. The maximum absolute atomic E-state index is 11.5. The van der Waals surface area contributed by atoms with E-state index in [0.717, 1.165) is 12.1 Å². The summed E-state index contributed by atoms with van der Waals surface area (Å²) in [6.07, 6.45) is 0.355. The lowest BCUT2D eigenvalue weighted by Gasteiger charge is -2.10. The second-order valence-electron chi connectivity index (χ2n) is 4.00. The van der Waals surface area contributed by atoms with Gasteiger partial charge in [-0.05, 0) is 31.8 Å². The molecular weight excluding hydrogens is 204 g/mol. The molecule has 1 aromatic carbocycles. The van der Waals surface area contributed by atoms with Crippen LogP contribution in [0.4, 0.5) is 0 Å². The van der Waals surface area contributed by atoms with Crippen molar-refractivity contribution in [2.75, 3.05) is 27.2 Å². The number of phenolic OH excluding ortho intramolecular Hbond substituents is 1. The average Bonchev–Trinajstić information content (AvgIpc) is 2.21. The van der Waals surface area contributed by atoms with Gasteiger partial charge in [0.1, 0.15) is 5.75 Å². The molecule has 0 aromatic heterocycles. The van der Waals surface area contributed by atoms with Crippen molar-refractivity contribution in [1.82, 2.24) is 10.2 Å². The number of benzene rings is 1. The van der Waals surface area contributed by atoms with Crippen LogP contribution >= 0.6 is 0 Å². The van der Waals surface area contributed by atoms with Crippen molar-refractivity contribution < 1.29 is 9.90 Å². The smallest absolute Gasteiger partial charge is 0.224 e. The standard InChI is InChI=1S/C12H18N2O2/c1-14(2)8-7-13-12(16)9-10-3-5-11(15)6-4-10/h3-6,15H,7-9H2,1-2H3,(H,13,16). The number of hydrogen-bond acceptors (Lipinski definition) is 3. The second kappa shape index (κ2) is 6.12. The molecule has 0 saturated carbocycles. The highest BCUT2D eigenvalue weighted by Gasteiger charge is 2.02. The summed E-state index contributed by atoms with van der Waals surface area (Å²) in [7, 11) is 3.93. The van der Waals surface area contributed by atoms with Crippen LogP contribution in [0, 0.1) is 0 Å². The van der Waals surface area contributed by atoms with Gasteiger partial charge in [0.05, 0.1) is 6.42 Å². The van der Waals surface area contributed by atoms with Crippen LogP contribution in [0.25, 0.3) is 0 Å². The molecule has 0 atom stereocenters. The molecule has 88 valence electrons. The van der Waals surface area contributed by atoms with Gasteiger partial charge in [-0.25, -0.2) is 0 Å². The Hall–Kier alpha value is -1.55. The molecule has 16 heavy (non-hydrogen) atoms. The predicted molar refractivity (Wildman–Crippen MR) is 63.4 cm³/mol. The van der Waals surface area contributed by atoms with E-state index in [1.54, 1.807) is 24.3 Å². The Balaban J connectivity index is 2.31. The molecular formula is C12H18N2O2. The van der Waals surface area contributed by atoms with E-state index in [1.165, 1.54) is 0 Å². The van der Waals surface area contributed by atoms with Crippen LogP contribution < -0.4 is 5.32 Å². The minimum atomic E-state index is 0.00698. The lowest BCUT2D eigenvalue weighted by Crippen LogP contribution is -2.32. The van der Waals surface area contributed by atoms with Crippen LogP contribution in [-0.4, -0.2) is 43.1 Å². The molecule has 0 aliphatic heterocycles. The monoisotopic (exact) mass is 222 g/mol. The zero-order chi connectivity index (χ0) is 12.0. The Kier molecular flexibility index (Phi) is 4.79. The van der Waals surface area contributed by atoms with Gasteiger partial charge in [0.25, 0.3) is 0 Å². The normalized spacial score (nSPS) is 10.4. The van der Waals surface area contributed by atoms with Crippen LogP contribution in [-0.2, 0) is 11.2 Å². The van der Waals surface area contributed by atoms with Crippen molar-refractivity contribution in [1.29, 1.82) is 0 Å². The third-order valence-electron chi connectivity index (χ3n) is 2.18. The lowest BCUT2D eigenvalue weighted by atomic mass is 10.1. The Bertz CT molecular complexity index is 333. The molecule has 4 heteroatoms. The van der Waals surface area contributed by atoms with Gasteiger partial charge in [-0.2, -0.15) is 0 Å². The average molecular weight is 222 g/mol. The molecule has 0 heterocycles. The van der Waals surface area contributed by atoms with Crippen molar-refractivity contribution in [3.05, 3.63) is 29.8 Å². The highest BCUT2D eigenvalue weighted by Crippen LogP contribution is 2.09. The topological polar surface area (TPSA) is 52.6 Å². The molecule has 0 unspecified atom stereocenters. The predicted octanol–water partition coefficient (Wildman–Crippen LogP) is 0.612. The van der Waals surface area contributed by atoms with Crippen molar-refractivity contribution in [3.63, 3.8) is 0 Å². The molecule has 1 rings (SSSR count). The molecule has 0 fully saturated rings. The number of phenols is 1. The van der Waals surface area contributed by atoms with E-state index in [9.17, 15) is 4.79 Å². The van der Waals surface area contributed by atoms with E-state index in [0.29, 0.717) is 13.0 Å². The summed E-state index contributed by atoms with van der Waals surface area (Å²) in [5.41, 5.74) is 0.903. The summed E-state index contributed by atoms with van der Waals surface area (Å²) < 4.78 is 0. The molecule has 0 aliphatic rings. The Morgan fingerprint density at radius 2 is 1.94 bits per heavy atom. The van der Waals surface area contributed by atoms with E-state index < -0.39 is 0 Å². The molecule has 0 radical (unpaired) electrons. The first-order valence-corrected chi connectivity index (χ1v) is 5.27. The van der Waals surface area contributed by atoms with Crippen LogP contribution in [0.5, 0.6) is 5.75 Å². The lowest BCUT2D eigenvalue weighted by molar-refractivity contribution is -0.120. The van der Waals surface area contributed by atoms with Crippen LogP contribution in [0.1, 0.15) is 5.56 Å². The fraction of sp³-hybridized carbons (Fsp3) is 0.417. The molecule has 1 amide bonds. The first-order valence-electron chi connectivity index (χ1n) is 5.27. The van der Waals surface area contributed by atoms with Crippen LogP contribution in [0.2, 0.25) is 0 Å². The number of carbonyl (C=O) groups excluding carboxylic acids is 1. The number of rotatable bonds is 5. The number of carbonyl (C=O) groups is 1. The van der Waals surface area contributed by atoms with Gasteiger partial charge in [0.15, 0.2) is 0 Å². The van der Waals surface area contributed by atoms with Crippen LogP contribution in [0.3, 0.4) is 0 Å². The maximum Gasteiger partial charge on any atom is 0.224 e. The number of amides is 1. The minimum Gasteiger partial charge on any atom is -0.508 e. The summed E-state index contributed by atoms with van der Waals surface area (Å²) >= 11 is 0. The maximum atomic E-state index is 11.5. The molecule has 0 spiro atoms. The molecule has 1 aromatic rings. The van der Waals surface area contributed by atoms with Gasteiger partial charge in [-0.3, -0.25) is 4.79 Å². The Morgan fingerprint density at radius 1 is 1.31 bits per heavy atom. The van der Waals surface area contributed by atoms with Crippen molar-refractivity contribution >= 4 is 5.91 Å². The van der Waals surface area contributed by atoms with E-state index in [4.69, 9.17) is 5.11 Å². The van der Waals surface area contributed by atoms with Crippen LogP contribution in [0.15, 0.2) is 24.3 Å². The number of aromatic hydroxyl groups is 1. The zero-order valence-corrected chi connectivity index (χ0v) is 9.73. The summed E-state index contributed by atoms with van der Waals surface area (Å²) in [5.74, 6) is 0.226. The number of likely N-dealkylation sites (N-methyl/N-ethyl adjacent to an activating group) is 1. The highest BCUT2D eigenvalue weighted by molar-refractivity contribution is 5.78. The summed E-state index contributed by atoms with van der Waals surface area (Å²) in [6.45, 7) is 1.49. The fourth-order valence-corrected chi connectivity index (χ4v) is 1.28. The first-order chi connectivity index (χ1) is 7.58. The minimum absolute atomic E-state index is 0.00698. The van der Waals surface area contributed by atoms with Gasteiger partial charge in [-0.15, -0.1) is 0 Å². The largest absolute Gasteiger partial charge is 0.508 e. The van der Waals surface area contributed by atoms with Crippen molar-refractivity contribution in [2.24, 2.45) is 0 Å². The first kappa shape index (κ1) is 12.5. The van der Waals surface area contributed by atoms with Crippen molar-refractivity contribution in [2.45, 2.75) is 6.42 Å². The number of nitrogens with zero attached hydrogens (tertiary/aromatic N) is 1. The fourth-order valence-electron chi connectivity index (χ4n) is 1.28. The van der Waals surface area contributed by atoms with Gasteiger partial charge in [-0.1, -0.05) is 12.1 Å². The van der Waals surface area contributed by atoms with Gasteiger partial charge >= 0.3 is 0 Å².